The van der Waals surface area contributed by atoms with Crippen LogP contribution in [0.4, 0.5) is 0 Å². The Balaban J connectivity index is 1.22. The number of nitrogens with zero attached hydrogens (tertiary/aromatic N) is 1. The number of benzene rings is 3. The second-order valence-corrected chi connectivity index (χ2v) is 8.03. The van der Waals surface area contributed by atoms with E-state index < -0.39 is 0 Å². The van der Waals surface area contributed by atoms with Gasteiger partial charge in [-0.25, -0.2) is 4.98 Å². The zero-order valence-electron chi connectivity index (χ0n) is 16.6. The maximum atomic E-state index is 12.9. The quantitative estimate of drug-likeness (QED) is 0.446. The maximum Gasteiger partial charge on any atom is 0.257 e. The number of rotatable bonds is 6. The third kappa shape index (κ3) is 4.36. The molecular formula is C24H20N2O4S. The predicted octanol–water partition coefficient (Wildman–Crippen LogP) is 4.69. The number of hydrogen-bond acceptors (Lipinski definition) is 6. The standard InChI is InChI=1S/C24H20N2O4S/c27-23(25-13-17-14-28-21-11-5-6-12-22(21)29-17)18-8-2-1-7-16(18)15-31-24-26-19-9-3-4-10-20(19)30-24/h1-12,17H,13-15H2,(H,25,27). The van der Waals surface area contributed by atoms with Crippen LogP contribution in [0.3, 0.4) is 0 Å². The van der Waals surface area contributed by atoms with Crippen LogP contribution in [0.25, 0.3) is 11.1 Å². The zero-order valence-corrected chi connectivity index (χ0v) is 17.4. The van der Waals surface area contributed by atoms with E-state index in [2.05, 4.69) is 10.3 Å². The summed E-state index contributed by atoms with van der Waals surface area (Å²) < 4.78 is 17.4. The highest BCUT2D eigenvalue weighted by Crippen LogP contribution is 2.31. The van der Waals surface area contributed by atoms with Crippen molar-refractivity contribution in [3.8, 4) is 11.5 Å². The van der Waals surface area contributed by atoms with Crippen molar-refractivity contribution in [1.29, 1.82) is 0 Å². The molecule has 7 heteroatoms. The second kappa shape index (κ2) is 8.73. The smallest absolute Gasteiger partial charge is 0.257 e. The summed E-state index contributed by atoms with van der Waals surface area (Å²) in [6.45, 7) is 0.756. The average Bonchev–Trinajstić information content (AvgIpc) is 3.24. The van der Waals surface area contributed by atoms with E-state index in [1.165, 1.54) is 11.8 Å². The fraction of sp³-hybridized carbons (Fsp3) is 0.167. The summed E-state index contributed by atoms with van der Waals surface area (Å²) in [6, 6.07) is 22.7. The minimum Gasteiger partial charge on any atom is -0.486 e. The van der Waals surface area contributed by atoms with Gasteiger partial charge in [0.15, 0.2) is 17.1 Å². The summed E-state index contributed by atoms with van der Waals surface area (Å²) in [5, 5.41) is 3.55. The summed E-state index contributed by atoms with van der Waals surface area (Å²) in [6.07, 6.45) is -0.236. The van der Waals surface area contributed by atoms with E-state index in [-0.39, 0.29) is 12.0 Å². The SMILES string of the molecule is O=C(NCC1COc2ccccc2O1)c1ccccc1CSc1nc2ccccc2o1. The number of fused-ring (bicyclic) bond motifs is 2. The Morgan fingerprint density at radius 2 is 1.77 bits per heavy atom. The zero-order chi connectivity index (χ0) is 21.0. The van der Waals surface area contributed by atoms with Crippen LogP contribution in [0.2, 0.25) is 0 Å². The molecule has 1 N–H and O–H groups in total. The van der Waals surface area contributed by atoms with Gasteiger partial charge in [-0.05, 0) is 35.9 Å². The molecule has 1 aliphatic heterocycles. The summed E-state index contributed by atoms with van der Waals surface area (Å²) in [7, 11) is 0. The Hall–Kier alpha value is -3.45. The molecule has 1 amide bonds. The lowest BCUT2D eigenvalue weighted by Crippen LogP contribution is -2.40. The molecule has 0 fully saturated rings. The van der Waals surface area contributed by atoms with E-state index in [9.17, 15) is 4.79 Å². The van der Waals surface area contributed by atoms with Crippen LogP contribution in [-0.4, -0.2) is 30.1 Å². The second-order valence-electron chi connectivity index (χ2n) is 7.10. The van der Waals surface area contributed by atoms with Crippen molar-refractivity contribution in [3.63, 3.8) is 0 Å². The van der Waals surface area contributed by atoms with Crippen molar-refractivity contribution < 1.29 is 18.7 Å². The number of thioether (sulfide) groups is 1. The molecule has 31 heavy (non-hydrogen) atoms. The van der Waals surface area contributed by atoms with Crippen molar-refractivity contribution in [1.82, 2.24) is 10.3 Å². The monoisotopic (exact) mass is 432 g/mol. The summed E-state index contributed by atoms with van der Waals surface area (Å²) in [5.41, 5.74) is 3.13. The molecule has 4 aromatic rings. The number of carbonyl (C=O) groups is 1. The lowest BCUT2D eigenvalue weighted by molar-refractivity contribution is 0.0789. The van der Waals surface area contributed by atoms with Crippen molar-refractivity contribution in [2.45, 2.75) is 17.1 Å². The highest BCUT2D eigenvalue weighted by Gasteiger charge is 2.22. The minimum absolute atomic E-state index is 0.142. The number of carbonyl (C=O) groups excluding carboxylic acids is 1. The van der Waals surface area contributed by atoms with Crippen LogP contribution in [0, 0.1) is 0 Å². The Labute approximate surface area is 183 Å². The van der Waals surface area contributed by atoms with Crippen molar-refractivity contribution in [2.75, 3.05) is 13.2 Å². The number of nitrogens with one attached hydrogen (secondary N) is 1. The molecule has 0 aliphatic carbocycles. The Morgan fingerprint density at radius 1 is 1.00 bits per heavy atom. The fourth-order valence-electron chi connectivity index (χ4n) is 3.39. The van der Waals surface area contributed by atoms with E-state index >= 15 is 0 Å². The number of ether oxygens (including phenoxy) is 2. The van der Waals surface area contributed by atoms with Gasteiger partial charge in [-0.2, -0.15) is 0 Å². The van der Waals surface area contributed by atoms with Gasteiger partial charge in [0.25, 0.3) is 11.1 Å². The van der Waals surface area contributed by atoms with Gasteiger partial charge in [-0.15, -0.1) is 0 Å². The van der Waals surface area contributed by atoms with Crippen LogP contribution in [0.15, 0.2) is 82.4 Å². The van der Waals surface area contributed by atoms with E-state index in [1.807, 2.05) is 72.8 Å². The van der Waals surface area contributed by atoms with Crippen LogP contribution >= 0.6 is 11.8 Å². The lowest BCUT2D eigenvalue weighted by atomic mass is 10.1. The van der Waals surface area contributed by atoms with Gasteiger partial charge in [-0.1, -0.05) is 54.2 Å². The molecule has 1 aliphatic rings. The molecule has 1 atom stereocenters. The minimum atomic E-state index is -0.236. The molecule has 0 saturated carbocycles. The molecule has 0 radical (unpaired) electrons. The first-order valence-corrected chi connectivity index (χ1v) is 11.0. The Morgan fingerprint density at radius 3 is 2.68 bits per heavy atom. The molecule has 1 unspecified atom stereocenters. The van der Waals surface area contributed by atoms with Gasteiger partial charge in [-0.3, -0.25) is 4.79 Å². The van der Waals surface area contributed by atoms with Crippen molar-refractivity contribution in [2.24, 2.45) is 0 Å². The maximum absolute atomic E-state index is 12.9. The summed E-state index contributed by atoms with van der Waals surface area (Å²) in [5.74, 6) is 1.86. The normalized spacial score (nSPS) is 15.0. The third-order valence-corrected chi connectivity index (χ3v) is 5.82. The molecule has 156 valence electrons. The molecule has 0 spiro atoms. The number of aromatic nitrogens is 1. The van der Waals surface area contributed by atoms with Gasteiger partial charge in [0, 0.05) is 11.3 Å². The number of para-hydroxylation sites is 4. The first kappa shape index (κ1) is 19.5. The number of amides is 1. The van der Waals surface area contributed by atoms with Gasteiger partial charge in [0.1, 0.15) is 18.2 Å². The van der Waals surface area contributed by atoms with Gasteiger partial charge >= 0.3 is 0 Å². The van der Waals surface area contributed by atoms with Crippen LogP contribution in [0.5, 0.6) is 11.5 Å². The Kier molecular flexibility index (Phi) is 5.50. The first-order chi connectivity index (χ1) is 15.3. The highest BCUT2D eigenvalue weighted by atomic mass is 32.2. The van der Waals surface area contributed by atoms with E-state index in [0.29, 0.717) is 35.4 Å². The molecule has 0 saturated heterocycles. The predicted molar refractivity (Wildman–Crippen MR) is 119 cm³/mol. The lowest BCUT2D eigenvalue weighted by Gasteiger charge is -2.26. The van der Waals surface area contributed by atoms with E-state index in [4.69, 9.17) is 13.9 Å². The third-order valence-electron chi connectivity index (χ3n) is 4.95. The largest absolute Gasteiger partial charge is 0.486 e. The first-order valence-electron chi connectivity index (χ1n) is 9.99. The number of hydrogen-bond donors (Lipinski definition) is 1. The van der Waals surface area contributed by atoms with Gasteiger partial charge in [0.2, 0.25) is 0 Å². The molecule has 3 aromatic carbocycles. The Bertz CT molecular complexity index is 1190. The van der Waals surface area contributed by atoms with Crippen molar-refractivity contribution >= 4 is 28.8 Å². The summed E-state index contributed by atoms with van der Waals surface area (Å²) in [4.78, 5) is 17.3. The van der Waals surface area contributed by atoms with E-state index in [0.717, 1.165) is 22.4 Å². The van der Waals surface area contributed by atoms with Crippen LogP contribution in [-0.2, 0) is 5.75 Å². The molecule has 2 heterocycles. The van der Waals surface area contributed by atoms with Crippen LogP contribution in [0.1, 0.15) is 15.9 Å². The topological polar surface area (TPSA) is 73.6 Å². The molecule has 5 rings (SSSR count). The van der Waals surface area contributed by atoms with E-state index in [1.54, 1.807) is 0 Å². The molecule has 1 aromatic heterocycles. The fourth-order valence-corrected chi connectivity index (χ4v) is 4.23. The van der Waals surface area contributed by atoms with Gasteiger partial charge in [0.05, 0.1) is 6.54 Å². The molecular weight excluding hydrogens is 412 g/mol. The van der Waals surface area contributed by atoms with Crippen molar-refractivity contribution in [3.05, 3.63) is 83.9 Å². The highest BCUT2D eigenvalue weighted by molar-refractivity contribution is 7.98. The van der Waals surface area contributed by atoms with Gasteiger partial charge < -0.3 is 19.2 Å². The summed E-state index contributed by atoms with van der Waals surface area (Å²) >= 11 is 1.47. The molecule has 6 nitrogen and oxygen atoms in total. The molecule has 0 bridgehead atoms. The average molecular weight is 433 g/mol. The van der Waals surface area contributed by atoms with Crippen LogP contribution < -0.4 is 14.8 Å². The number of oxazole rings is 1.